The van der Waals surface area contributed by atoms with E-state index < -0.39 is 0 Å². The van der Waals surface area contributed by atoms with Gasteiger partial charge in [-0.05, 0) is 31.6 Å². The van der Waals surface area contributed by atoms with E-state index in [0.717, 1.165) is 38.2 Å². The lowest BCUT2D eigenvalue weighted by Gasteiger charge is -2.30. The Morgan fingerprint density at radius 2 is 2.00 bits per heavy atom. The molecule has 1 saturated carbocycles. The van der Waals surface area contributed by atoms with Gasteiger partial charge in [0.25, 0.3) is 0 Å². The van der Waals surface area contributed by atoms with Crippen molar-refractivity contribution in [3.8, 4) is 0 Å². The fraction of sp³-hybridized carbons (Fsp3) is 0.933. The zero-order chi connectivity index (χ0) is 12.3. The lowest BCUT2D eigenvalue weighted by atomic mass is 9.74. The highest BCUT2D eigenvalue weighted by Gasteiger charge is 2.37. The smallest absolute Gasteiger partial charge is 0.141 e. The maximum Gasteiger partial charge on any atom is 0.141 e. The van der Waals surface area contributed by atoms with Gasteiger partial charge in [-0.15, -0.1) is 0 Å². The lowest BCUT2D eigenvalue weighted by molar-refractivity contribution is -0.130. The number of carbonyl (C=O) groups excluding carboxylic acids is 1. The first-order chi connectivity index (χ1) is 8.26. The van der Waals surface area contributed by atoms with Crippen LogP contribution in [0.2, 0.25) is 0 Å². The van der Waals surface area contributed by atoms with E-state index in [0.29, 0.717) is 11.7 Å². The average Bonchev–Trinajstić information content (AvgIpc) is 2.86. The van der Waals surface area contributed by atoms with Crippen LogP contribution in [0.4, 0.5) is 0 Å². The first-order valence-electron chi connectivity index (χ1n) is 7.41. The Bertz CT molecular complexity index is 262. The molecule has 2 nitrogen and oxygen atoms in total. The molecular weight excluding hydrogens is 212 g/mol. The van der Waals surface area contributed by atoms with Crippen LogP contribution in [0.25, 0.3) is 0 Å². The van der Waals surface area contributed by atoms with Gasteiger partial charge >= 0.3 is 0 Å². The molecule has 0 aromatic carbocycles. The van der Waals surface area contributed by atoms with E-state index in [9.17, 15) is 4.79 Å². The number of ketones is 1. The second-order valence-electron chi connectivity index (χ2n) is 5.75. The minimum atomic E-state index is 0.209. The molecule has 4 unspecified atom stereocenters. The molecule has 0 aromatic rings. The van der Waals surface area contributed by atoms with Crippen LogP contribution in [0.3, 0.4) is 0 Å². The molecule has 17 heavy (non-hydrogen) atoms. The van der Waals surface area contributed by atoms with Crippen molar-refractivity contribution in [3.63, 3.8) is 0 Å². The van der Waals surface area contributed by atoms with Crippen molar-refractivity contribution in [2.45, 2.75) is 64.9 Å². The summed E-state index contributed by atoms with van der Waals surface area (Å²) in [6, 6.07) is 0. The maximum atomic E-state index is 12.6. The molecule has 0 N–H and O–H groups in total. The third-order valence-corrected chi connectivity index (χ3v) is 4.74. The van der Waals surface area contributed by atoms with Crippen molar-refractivity contribution < 1.29 is 9.53 Å². The van der Waals surface area contributed by atoms with Crippen molar-refractivity contribution in [1.29, 1.82) is 0 Å². The number of ether oxygens (including phenoxy) is 1. The van der Waals surface area contributed by atoms with Crippen LogP contribution in [-0.4, -0.2) is 18.5 Å². The Morgan fingerprint density at radius 3 is 2.71 bits per heavy atom. The Labute approximate surface area is 105 Å². The molecule has 0 radical (unpaired) electrons. The van der Waals surface area contributed by atoms with Gasteiger partial charge in [-0.25, -0.2) is 0 Å². The van der Waals surface area contributed by atoms with Gasteiger partial charge in [0.1, 0.15) is 5.78 Å². The summed E-state index contributed by atoms with van der Waals surface area (Å²) in [6.07, 6.45) is 8.25. The van der Waals surface area contributed by atoms with Gasteiger partial charge in [-0.3, -0.25) is 4.79 Å². The summed E-state index contributed by atoms with van der Waals surface area (Å²) in [5.41, 5.74) is 0. The predicted octanol–water partition coefficient (Wildman–Crippen LogP) is 3.59. The highest BCUT2D eigenvalue weighted by atomic mass is 16.5. The van der Waals surface area contributed by atoms with E-state index in [1.807, 2.05) is 0 Å². The minimum Gasteiger partial charge on any atom is -0.377 e. The zero-order valence-corrected chi connectivity index (χ0v) is 11.3. The Hall–Kier alpha value is -0.370. The summed E-state index contributed by atoms with van der Waals surface area (Å²) in [7, 11) is 0. The second kappa shape index (κ2) is 5.99. The minimum absolute atomic E-state index is 0.209. The topological polar surface area (TPSA) is 26.3 Å². The van der Waals surface area contributed by atoms with Gasteiger partial charge in [0, 0.05) is 18.4 Å². The van der Waals surface area contributed by atoms with Crippen molar-refractivity contribution in [2.24, 2.45) is 17.8 Å². The van der Waals surface area contributed by atoms with E-state index in [2.05, 4.69) is 13.8 Å². The lowest BCUT2D eigenvalue weighted by Crippen LogP contribution is -2.32. The van der Waals surface area contributed by atoms with E-state index >= 15 is 0 Å². The second-order valence-corrected chi connectivity index (χ2v) is 5.75. The zero-order valence-electron chi connectivity index (χ0n) is 11.3. The fourth-order valence-electron chi connectivity index (χ4n) is 3.60. The SMILES string of the molecule is CCC1CCCC(C(=O)C2CCOC2CC)C1. The highest BCUT2D eigenvalue weighted by molar-refractivity contribution is 5.84. The van der Waals surface area contributed by atoms with Gasteiger partial charge in [-0.1, -0.05) is 33.1 Å². The first-order valence-corrected chi connectivity index (χ1v) is 7.41. The molecule has 2 fully saturated rings. The fourth-order valence-corrected chi connectivity index (χ4v) is 3.60. The average molecular weight is 238 g/mol. The van der Waals surface area contributed by atoms with Gasteiger partial charge < -0.3 is 4.74 Å². The standard InChI is InChI=1S/C15H26O2/c1-3-11-6-5-7-12(10-11)15(16)13-8-9-17-14(13)4-2/h11-14H,3-10H2,1-2H3. The van der Waals surface area contributed by atoms with Gasteiger partial charge in [0.05, 0.1) is 6.10 Å². The number of carbonyl (C=O) groups is 1. The van der Waals surface area contributed by atoms with Crippen LogP contribution < -0.4 is 0 Å². The predicted molar refractivity (Wildman–Crippen MR) is 68.9 cm³/mol. The molecule has 0 bridgehead atoms. The van der Waals surface area contributed by atoms with Gasteiger partial charge in [0.15, 0.2) is 0 Å². The van der Waals surface area contributed by atoms with Crippen LogP contribution in [0.1, 0.15) is 58.8 Å². The van der Waals surface area contributed by atoms with Crippen LogP contribution in [-0.2, 0) is 9.53 Å². The molecule has 98 valence electrons. The molecule has 0 aromatic heterocycles. The summed E-state index contributed by atoms with van der Waals surface area (Å²) in [4.78, 5) is 12.6. The summed E-state index contributed by atoms with van der Waals surface area (Å²) in [5, 5.41) is 0. The third kappa shape index (κ3) is 2.90. The Balaban J connectivity index is 1.94. The molecule has 0 spiro atoms. The highest BCUT2D eigenvalue weighted by Crippen LogP contribution is 2.36. The Morgan fingerprint density at radius 1 is 1.18 bits per heavy atom. The molecule has 2 heteroatoms. The number of hydrogen-bond donors (Lipinski definition) is 0. The number of hydrogen-bond acceptors (Lipinski definition) is 2. The van der Waals surface area contributed by atoms with Crippen molar-refractivity contribution in [2.75, 3.05) is 6.61 Å². The molecule has 1 aliphatic carbocycles. The molecule has 1 heterocycles. The molecule has 1 aliphatic heterocycles. The maximum absolute atomic E-state index is 12.6. The molecule has 2 aliphatic rings. The quantitative estimate of drug-likeness (QED) is 0.748. The summed E-state index contributed by atoms with van der Waals surface area (Å²) < 4.78 is 5.66. The number of Topliss-reactive ketones (excluding diaryl/α,β-unsaturated/α-hetero) is 1. The van der Waals surface area contributed by atoms with Crippen molar-refractivity contribution >= 4 is 5.78 Å². The largest absolute Gasteiger partial charge is 0.377 e. The molecule has 4 atom stereocenters. The molecule has 2 rings (SSSR count). The molecule has 0 amide bonds. The first kappa shape index (κ1) is 13.1. The van der Waals surface area contributed by atoms with Gasteiger partial charge in [-0.2, -0.15) is 0 Å². The number of rotatable bonds is 4. The monoisotopic (exact) mass is 238 g/mol. The Kier molecular flexibility index (Phi) is 4.61. The van der Waals surface area contributed by atoms with Crippen LogP contribution in [0.5, 0.6) is 0 Å². The van der Waals surface area contributed by atoms with E-state index in [-0.39, 0.29) is 12.0 Å². The van der Waals surface area contributed by atoms with E-state index in [1.165, 1.54) is 19.3 Å². The van der Waals surface area contributed by atoms with E-state index in [1.54, 1.807) is 0 Å². The van der Waals surface area contributed by atoms with E-state index in [4.69, 9.17) is 4.74 Å². The molecule has 1 saturated heterocycles. The summed E-state index contributed by atoms with van der Waals surface area (Å²) in [6.45, 7) is 5.18. The third-order valence-electron chi connectivity index (χ3n) is 4.74. The van der Waals surface area contributed by atoms with Crippen molar-refractivity contribution in [1.82, 2.24) is 0 Å². The van der Waals surface area contributed by atoms with Gasteiger partial charge in [0.2, 0.25) is 0 Å². The molecular formula is C15H26O2. The van der Waals surface area contributed by atoms with Crippen LogP contribution >= 0.6 is 0 Å². The normalized spacial score (nSPS) is 38.2. The van der Waals surface area contributed by atoms with Crippen LogP contribution in [0, 0.1) is 17.8 Å². The summed E-state index contributed by atoms with van der Waals surface area (Å²) in [5.74, 6) is 1.86. The summed E-state index contributed by atoms with van der Waals surface area (Å²) >= 11 is 0. The van der Waals surface area contributed by atoms with Crippen LogP contribution in [0.15, 0.2) is 0 Å². The van der Waals surface area contributed by atoms with Crippen molar-refractivity contribution in [3.05, 3.63) is 0 Å².